The van der Waals surface area contributed by atoms with Crippen LogP contribution in [0.1, 0.15) is 31.2 Å². The largest absolute Gasteiger partial charge is 0.340 e. The summed E-state index contributed by atoms with van der Waals surface area (Å²) in [6.07, 6.45) is 3.86. The van der Waals surface area contributed by atoms with Crippen molar-refractivity contribution in [3.63, 3.8) is 0 Å². The van der Waals surface area contributed by atoms with Crippen molar-refractivity contribution < 1.29 is 9.18 Å². The molecule has 1 heterocycles. The first kappa shape index (κ1) is 23.4. The van der Waals surface area contributed by atoms with Crippen LogP contribution in [0.3, 0.4) is 0 Å². The molecule has 2 aliphatic rings. The van der Waals surface area contributed by atoms with Crippen molar-refractivity contribution in [1.29, 1.82) is 0 Å². The highest BCUT2D eigenvalue weighted by molar-refractivity contribution is 6.31. The van der Waals surface area contributed by atoms with Crippen molar-refractivity contribution in [2.75, 3.05) is 26.2 Å². The van der Waals surface area contributed by atoms with Crippen LogP contribution < -0.4 is 5.73 Å². The second-order valence-corrected chi connectivity index (χ2v) is 7.36. The fourth-order valence-electron chi connectivity index (χ4n) is 3.72. The fourth-order valence-corrected chi connectivity index (χ4v) is 3.95. The smallest absolute Gasteiger partial charge is 0.222 e. The Kier molecular flexibility index (Phi) is 9.62. The summed E-state index contributed by atoms with van der Waals surface area (Å²) in [5.41, 5.74) is 7.00. The van der Waals surface area contributed by atoms with Crippen LogP contribution in [-0.4, -0.2) is 47.9 Å². The maximum absolute atomic E-state index is 13.1. The number of halogens is 4. The Morgan fingerprint density at radius 2 is 1.88 bits per heavy atom. The van der Waals surface area contributed by atoms with Crippen molar-refractivity contribution >= 4 is 42.3 Å². The third-order valence-corrected chi connectivity index (χ3v) is 5.64. The second-order valence-electron chi connectivity index (χ2n) is 6.95. The van der Waals surface area contributed by atoms with E-state index >= 15 is 0 Å². The van der Waals surface area contributed by atoms with Crippen molar-refractivity contribution in [1.82, 2.24) is 9.80 Å². The molecule has 1 aromatic rings. The van der Waals surface area contributed by atoms with Gasteiger partial charge in [0, 0.05) is 50.2 Å². The number of hydrogen-bond donors (Lipinski definition) is 1. The van der Waals surface area contributed by atoms with Gasteiger partial charge in [-0.3, -0.25) is 9.69 Å². The lowest BCUT2D eigenvalue weighted by molar-refractivity contribution is -0.134. The standard InChI is InChI=1S/C18H25ClFN3O.2ClH/c19-16-11-15(20)5-4-14(16)12-22-6-8-23(9-7-22)18(24)10-13-2-1-3-17(13)21;;/h4-5,11,13,17H,1-3,6-10,12,21H2;2*1H/t13-,17+;;/m0../s1. The topological polar surface area (TPSA) is 49.6 Å². The highest BCUT2D eigenvalue weighted by Gasteiger charge is 2.29. The van der Waals surface area contributed by atoms with Crippen LogP contribution in [0.5, 0.6) is 0 Å². The molecule has 3 rings (SSSR count). The number of nitrogens with two attached hydrogens (primary N) is 1. The molecule has 2 N–H and O–H groups in total. The number of piperazine rings is 1. The van der Waals surface area contributed by atoms with E-state index < -0.39 is 0 Å². The molecule has 148 valence electrons. The first-order chi connectivity index (χ1) is 11.5. The van der Waals surface area contributed by atoms with Gasteiger partial charge in [-0.15, -0.1) is 24.8 Å². The van der Waals surface area contributed by atoms with Crippen LogP contribution in [-0.2, 0) is 11.3 Å². The van der Waals surface area contributed by atoms with E-state index in [0.717, 1.165) is 51.0 Å². The minimum absolute atomic E-state index is 0. The predicted octanol–water partition coefficient (Wildman–Crippen LogP) is 3.48. The van der Waals surface area contributed by atoms with Gasteiger partial charge in [-0.25, -0.2) is 4.39 Å². The quantitative estimate of drug-likeness (QED) is 0.802. The molecule has 0 aromatic heterocycles. The number of carbonyl (C=O) groups is 1. The lowest BCUT2D eigenvalue weighted by Crippen LogP contribution is -2.49. The molecule has 1 saturated carbocycles. The Morgan fingerprint density at radius 3 is 2.46 bits per heavy atom. The van der Waals surface area contributed by atoms with Gasteiger partial charge in [0.05, 0.1) is 0 Å². The normalized spacial score (nSPS) is 23.3. The average Bonchev–Trinajstić information content (AvgIpc) is 2.96. The van der Waals surface area contributed by atoms with Crippen LogP contribution in [0.2, 0.25) is 5.02 Å². The lowest BCUT2D eigenvalue weighted by atomic mass is 9.99. The van der Waals surface area contributed by atoms with Crippen LogP contribution in [0.25, 0.3) is 0 Å². The predicted molar refractivity (Wildman–Crippen MR) is 108 cm³/mol. The molecule has 0 spiro atoms. The zero-order valence-corrected chi connectivity index (χ0v) is 17.1. The van der Waals surface area contributed by atoms with E-state index in [1.54, 1.807) is 6.07 Å². The average molecular weight is 427 g/mol. The monoisotopic (exact) mass is 425 g/mol. The minimum Gasteiger partial charge on any atom is -0.340 e. The molecular formula is C18H27Cl3FN3O. The lowest BCUT2D eigenvalue weighted by Gasteiger charge is -2.35. The molecule has 1 saturated heterocycles. The van der Waals surface area contributed by atoms with Gasteiger partial charge in [0.1, 0.15) is 5.82 Å². The number of carbonyl (C=O) groups excluding carboxylic acids is 1. The molecule has 2 fully saturated rings. The van der Waals surface area contributed by atoms with E-state index in [1.807, 2.05) is 4.90 Å². The Morgan fingerprint density at radius 1 is 1.19 bits per heavy atom. The van der Waals surface area contributed by atoms with Gasteiger partial charge in [-0.2, -0.15) is 0 Å². The summed E-state index contributed by atoms with van der Waals surface area (Å²) < 4.78 is 13.1. The third kappa shape index (κ3) is 5.96. The maximum atomic E-state index is 13.1. The highest BCUT2D eigenvalue weighted by Crippen LogP contribution is 2.27. The van der Waals surface area contributed by atoms with E-state index in [0.29, 0.717) is 23.9 Å². The summed E-state index contributed by atoms with van der Waals surface area (Å²) in [6.45, 7) is 3.79. The van der Waals surface area contributed by atoms with Gasteiger partial charge in [-0.05, 0) is 36.5 Å². The van der Waals surface area contributed by atoms with E-state index in [1.165, 1.54) is 12.1 Å². The van der Waals surface area contributed by atoms with E-state index in [4.69, 9.17) is 17.3 Å². The van der Waals surface area contributed by atoms with E-state index in [-0.39, 0.29) is 42.6 Å². The molecular weight excluding hydrogens is 400 g/mol. The molecule has 0 unspecified atom stereocenters. The Bertz CT molecular complexity index is 597. The van der Waals surface area contributed by atoms with Gasteiger partial charge >= 0.3 is 0 Å². The van der Waals surface area contributed by atoms with Gasteiger partial charge < -0.3 is 10.6 Å². The molecule has 1 aliphatic heterocycles. The zero-order valence-electron chi connectivity index (χ0n) is 14.7. The molecule has 4 nitrogen and oxygen atoms in total. The van der Waals surface area contributed by atoms with Crippen LogP contribution in [0.4, 0.5) is 4.39 Å². The Labute approximate surface area is 172 Å². The van der Waals surface area contributed by atoms with Gasteiger partial charge in [0.15, 0.2) is 0 Å². The first-order valence-electron chi connectivity index (χ1n) is 8.72. The van der Waals surface area contributed by atoms with Crippen molar-refractivity contribution in [2.45, 2.75) is 38.3 Å². The second kappa shape index (κ2) is 10.7. The van der Waals surface area contributed by atoms with E-state index in [2.05, 4.69) is 4.90 Å². The number of nitrogens with zero attached hydrogens (tertiary/aromatic N) is 2. The van der Waals surface area contributed by atoms with Gasteiger partial charge in [0.25, 0.3) is 0 Å². The summed E-state index contributed by atoms with van der Waals surface area (Å²) in [7, 11) is 0. The van der Waals surface area contributed by atoms with Crippen LogP contribution in [0, 0.1) is 11.7 Å². The van der Waals surface area contributed by atoms with Crippen LogP contribution >= 0.6 is 36.4 Å². The summed E-state index contributed by atoms with van der Waals surface area (Å²) in [5, 5.41) is 0.462. The molecule has 8 heteroatoms. The summed E-state index contributed by atoms with van der Waals surface area (Å²) in [5.74, 6) is 0.273. The van der Waals surface area contributed by atoms with Crippen molar-refractivity contribution in [2.24, 2.45) is 11.7 Å². The SMILES string of the molecule is Cl.Cl.N[C@@H]1CCC[C@H]1CC(=O)N1CCN(Cc2ccc(F)cc2Cl)CC1. The Balaban J connectivity index is 0.00000169. The number of benzene rings is 1. The first-order valence-corrected chi connectivity index (χ1v) is 9.10. The van der Waals surface area contributed by atoms with Crippen LogP contribution in [0.15, 0.2) is 18.2 Å². The Hall–Kier alpha value is -0.590. The summed E-state index contributed by atoms with van der Waals surface area (Å²) >= 11 is 6.09. The molecule has 0 bridgehead atoms. The highest BCUT2D eigenvalue weighted by atomic mass is 35.5. The molecule has 1 aliphatic carbocycles. The van der Waals surface area contributed by atoms with Crippen molar-refractivity contribution in [3.05, 3.63) is 34.6 Å². The molecule has 0 radical (unpaired) electrons. The number of rotatable bonds is 4. The number of amides is 1. The maximum Gasteiger partial charge on any atom is 0.222 e. The van der Waals surface area contributed by atoms with Gasteiger partial charge in [0.2, 0.25) is 5.91 Å². The van der Waals surface area contributed by atoms with Gasteiger partial charge in [-0.1, -0.05) is 24.1 Å². The minimum atomic E-state index is -0.315. The fraction of sp³-hybridized carbons (Fsp3) is 0.611. The third-order valence-electron chi connectivity index (χ3n) is 5.29. The summed E-state index contributed by atoms with van der Waals surface area (Å²) in [6, 6.07) is 4.71. The zero-order chi connectivity index (χ0) is 17.1. The molecule has 1 amide bonds. The number of hydrogen-bond acceptors (Lipinski definition) is 3. The molecule has 2 atom stereocenters. The summed E-state index contributed by atoms with van der Waals surface area (Å²) in [4.78, 5) is 16.7. The molecule has 26 heavy (non-hydrogen) atoms. The van der Waals surface area contributed by atoms with E-state index in [9.17, 15) is 9.18 Å². The molecule has 1 aromatic carbocycles. The van der Waals surface area contributed by atoms with Crippen molar-refractivity contribution in [3.8, 4) is 0 Å².